The van der Waals surface area contributed by atoms with Crippen molar-refractivity contribution >= 4 is 15.7 Å². The van der Waals surface area contributed by atoms with Gasteiger partial charge in [-0.1, -0.05) is 0 Å². The molecule has 2 atom stereocenters. The number of hydrogen-bond acceptors (Lipinski definition) is 4. The molecule has 92 valence electrons. The molecule has 2 rings (SSSR count). The standard InChI is InChI=1S/C10H18N2O3S/c1-12-4-2-9(10(12)13)11-6-8-3-5-16(14,15)7-8/h8-9,11H,2-7H2,1H3. The topological polar surface area (TPSA) is 66.5 Å². The van der Waals surface area contributed by atoms with E-state index in [1.54, 1.807) is 11.9 Å². The summed E-state index contributed by atoms with van der Waals surface area (Å²) in [5, 5.41) is 3.19. The van der Waals surface area contributed by atoms with E-state index in [1.165, 1.54) is 0 Å². The molecule has 5 nitrogen and oxygen atoms in total. The van der Waals surface area contributed by atoms with Crippen LogP contribution in [0.15, 0.2) is 0 Å². The molecule has 2 heterocycles. The number of carbonyl (C=O) groups is 1. The van der Waals surface area contributed by atoms with Gasteiger partial charge >= 0.3 is 0 Å². The molecule has 2 unspecified atom stereocenters. The highest BCUT2D eigenvalue weighted by molar-refractivity contribution is 7.91. The monoisotopic (exact) mass is 246 g/mol. The molecule has 16 heavy (non-hydrogen) atoms. The van der Waals surface area contributed by atoms with Crippen molar-refractivity contribution in [3.05, 3.63) is 0 Å². The van der Waals surface area contributed by atoms with Gasteiger partial charge in [-0.3, -0.25) is 4.79 Å². The molecule has 6 heteroatoms. The van der Waals surface area contributed by atoms with Crippen LogP contribution in [0.1, 0.15) is 12.8 Å². The lowest BCUT2D eigenvalue weighted by Gasteiger charge is -2.14. The summed E-state index contributed by atoms with van der Waals surface area (Å²) in [5.41, 5.74) is 0. The molecule has 0 bridgehead atoms. The molecule has 0 aromatic heterocycles. The molecule has 0 radical (unpaired) electrons. The average molecular weight is 246 g/mol. The molecule has 0 aromatic rings. The highest BCUT2D eigenvalue weighted by atomic mass is 32.2. The number of carbonyl (C=O) groups excluding carboxylic acids is 1. The number of hydrogen-bond donors (Lipinski definition) is 1. The van der Waals surface area contributed by atoms with E-state index < -0.39 is 9.84 Å². The summed E-state index contributed by atoms with van der Waals surface area (Å²) >= 11 is 0. The predicted octanol–water partition coefficient (Wildman–Crippen LogP) is -0.759. The number of amides is 1. The second kappa shape index (κ2) is 4.33. The Kier molecular flexibility index (Phi) is 3.21. The number of nitrogens with zero attached hydrogens (tertiary/aromatic N) is 1. The van der Waals surface area contributed by atoms with E-state index in [0.29, 0.717) is 12.3 Å². The fraction of sp³-hybridized carbons (Fsp3) is 0.900. The Morgan fingerprint density at radius 2 is 2.19 bits per heavy atom. The van der Waals surface area contributed by atoms with Crippen LogP contribution >= 0.6 is 0 Å². The summed E-state index contributed by atoms with van der Waals surface area (Å²) in [7, 11) is -1.01. The van der Waals surface area contributed by atoms with Gasteiger partial charge < -0.3 is 10.2 Å². The van der Waals surface area contributed by atoms with Gasteiger partial charge in [0.05, 0.1) is 17.5 Å². The van der Waals surface area contributed by atoms with Crippen LogP contribution in [0.25, 0.3) is 0 Å². The smallest absolute Gasteiger partial charge is 0.239 e. The zero-order valence-electron chi connectivity index (χ0n) is 9.48. The van der Waals surface area contributed by atoms with Crippen molar-refractivity contribution in [3.8, 4) is 0 Å². The first kappa shape index (κ1) is 11.9. The van der Waals surface area contributed by atoms with Crippen LogP contribution in [0.3, 0.4) is 0 Å². The Morgan fingerprint density at radius 3 is 2.69 bits per heavy atom. The van der Waals surface area contributed by atoms with Crippen LogP contribution < -0.4 is 5.32 Å². The van der Waals surface area contributed by atoms with Gasteiger partial charge in [0.2, 0.25) is 5.91 Å². The van der Waals surface area contributed by atoms with Crippen molar-refractivity contribution in [1.29, 1.82) is 0 Å². The number of likely N-dealkylation sites (tertiary alicyclic amines) is 1. The summed E-state index contributed by atoms with van der Waals surface area (Å²) in [5.74, 6) is 0.888. The minimum Gasteiger partial charge on any atom is -0.344 e. The van der Waals surface area contributed by atoms with E-state index in [1.807, 2.05) is 0 Å². The van der Waals surface area contributed by atoms with Crippen molar-refractivity contribution in [2.45, 2.75) is 18.9 Å². The number of sulfone groups is 1. The average Bonchev–Trinajstić information content (AvgIpc) is 2.70. The van der Waals surface area contributed by atoms with Crippen molar-refractivity contribution in [3.63, 3.8) is 0 Å². The second-order valence-electron chi connectivity index (χ2n) is 4.78. The molecule has 1 amide bonds. The molecule has 0 aromatic carbocycles. The molecule has 0 aliphatic carbocycles. The van der Waals surface area contributed by atoms with Gasteiger partial charge in [-0.25, -0.2) is 8.42 Å². The molecule has 2 aliphatic heterocycles. The van der Waals surface area contributed by atoms with Crippen LogP contribution in [0.5, 0.6) is 0 Å². The Hall–Kier alpha value is -0.620. The summed E-state index contributed by atoms with van der Waals surface area (Å²) in [6, 6.07) is -0.103. The SMILES string of the molecule is CN1CCC(NCC2CCS(=O)(=O)C2)C1=O. The third-order valence-electron chi connectivity index (χ3n) is 3.41. The molecule has 2 aliphatic rings. The first-order valence-corrected chi connectivity index (χ1v) is 7.49. The highest BCUT2D eigenvalue weighted by Crippen LogP contribution is 2.18. The molecule has 2 saturated heterocycles. The molecule has 2 fully saturated rings. The predicted molar refractivity (Wildman–Crippen MR) is 60.8 cm³/mol. The van der Waals surface area contributed by atoms with E-state index in [4.69, 9.17) is 0 Å². The van der Waals surface area contributed by atoms with Crippen molar-refractivity contribution < 1.29 is 13.2 Å². The van der Waals surface area contributed by atoms with E-state index in [9.17, 15) is 13.2 Å². The fourth-order valence-electron chi connectivity index (χ4n) is 2.35. The number of nitrogens with one attached hydrogen (secondary N) is 1. The lowest BCUT2D eigenvalue weighted by Crippen LogP contribution is -2.39. The lowest BCUT2D eigenvalue weighted by molar-refractivity contribution is -0.128. The maximum Gasteiger partial charge on any atom is 0.239 e. The fourth-order valence-corrected chi connectivity index (χ4v) is 4.22. The van der Waals surface area contributed by atoms with Crippen molar-refractivity contribution in [2.24, 2.45) is 5.92 Å². The normalized spacial score (nSPS) is 33.6. The highest BCUT2D eigenvalue weighted by Gasteiger charge is 2.32. The Balaban J connectivity index is 1.79. The minimum atomic E-state index is -2.80. The number of likely N-dealkylation sites (N-methyl/N-ethyl adjacent to an activating group) is 1. The maximum atomic E-state index is 11.6. The van der Waals surface area contributed by atoms with Gasteiger partial charge in [0, 0.05) is 13.6 Å². The van der Waals surface area contributed by atoms with Gasteiger partial charge in [0.25, 0.3) is 0 Å². The van der Waals surface area contributed by atoms with Crippen LogP contribution in [0.2, 0.25) is 0 Å². The summed E-state index contributed by atoms with van der Waals surface area (Å²) < 4.78 is 22.5. The van der Waals surface area contributed by atoms with Crippen LogP contribution in [0, 0.1) is 5.92 Å². The summed E-state index contributed by atoms with van der Waals surface area (Å²) in [6.07, 6.45) is 1.56. The second-order valence-corrected chi connectivity index (χ2v) is 7.01. The van der Waals surface area contributed by atoms with Crippen LogP contribution in [-0.4, -0.2) is 56.9 Å². The van der Waals surface area contributed by atoms with E-state index in [2.05, 4.69) is 5.32 Å². The summed E-state index contributed by atoms with van der Waals surface area (Å²) in [4.78, 5) is 13.3. The zero-order valence-corrected chi connectivity index (χ0v) is 10.3. The van der Waals surface area contributed by atoms with Gasteiger partial charge in [-0.15, -0.1) is 0 Å². The molecule has 0 saturated carbocycles. The first-order chi connectivity index (χ1) is 7.48. The Morgan fingerprint density at radius 1 is 1.44 bits per heavy atom. The Bertz CT molecular complexity index is 380. The van der Waals surface area contributed by atoms with E-state index >= 15 is 0 Å². The molecule has 1 N–H and O–H groups in total. The quantitative estimate of drug-likeness (QED) is 0.711. The van der Waals surface area contributed by atoms with Crippen molar-refractivity contribution in [2.75, 3.05) is 31.6 Å². The van der Waals surface area contributed by atoms with Gasteiger partial charge in [-0.05, 0) is 25.3 Å². The minimum absolute atomic E-state index is 0.103. The third kappa shape index (κ3) is 2.55. The van der Waals surface area contributed by atoms with Crippen LogP contribution in [0.4, 0.5) is 0 Å². The molecule has 0 spiro atoms. The molecular weight excluding hydrogens is 228 g/mol. The van der Waals surface area contributed by atoms with Gasteiger partial charge in [-0.2, -0.15) is 0 Å². The first-order valence-electron chi connectivity index (χ1n) is 5.67. The maximum absolute atomic E-state index is 11.6. The van der Waals surface area contributed by atoms with Crippen LogP contribution in [-0.2, 0) is 14.6 Å². The lowest BCUT2D eigenvalue weighted by atomic mass is 10.1. The summed E-state index contributed by atoms with van der Waals surface area (Å²) in [6.45, 7) is 1.43. The van der Waals surface area contributed by atoms with E-state index in [0.717, 1.165) is 19.4 Å². The third-order valence-corrected chi connectivity index (χ3v) is 5.24. The number of rotatable bonds is 3. The Labute approximate surface area is 96.1 Å². The van der Waals surface area contributed by atoms with Crippen molar-refractivity contribution in [1.82, 2.24) is 10.2 Å². The van der Waals surface area contributed by atoms with Gasteiger partial charge in [0.15, 0.2) is 9.84 Å². The van der Waals surface area contributed by atoms with E-state index in [-0.39, 0.29) is 23.6 Å². The largest absolute Gasteiger partial charge is 0.344 e. The zero-order chi connectivity index (χ0) is 11.8. The molecular formula is C10H18N2O3S. The van der Waals surface area contributed by atoms with Gasteiger partial charge in [0.1, 0.15) is 0 Å².